The Kier molecular flexibility index (Phi) is 5.25. The smallest absolute Gasteiger partial charge is 0.385 e. The van der Waals surface area contributed by atoms with Crippen LogP contribution < -0.4 is 10.6 Å². The van der Waals surface area contributed by atoms with E-state index in [2.05, 4.69) is 21.4 Å². The molecule has 1 aliphatic heterocycles. The van der Waals surface area contributed by atoms with Crippen molar-refractivity contribution >= 4 is 5.69 Å². The number of benzene rings is 1. The van der Waals surface area contributed by atoms with Gasteiger partial charge in [-0.3, -0.25) is 0 Å². The number of aryl methyl sites for hydroxylation is 1. The molecule has 0 unspecified atom stereocenters. The summed E-state index contributed by atoms with van der Waals surface area (Å²) >= 11 is 0. The summed E-state index contributed by atoms with van der Waals surface area (Å²) in [5.41, 5.74) is 3.63. The molecular formula is C14H19F3N2O. The van der Waals surface area contributed by atoms with Crippen molar-refractivity contribution in [3.63, 3.8) is 0 Å². The fourth-order valence-corrected chi connectivity index (χ4v) is 2.28. The minimum Gasteiger partial charge on any atom is -0.385 e. The molecule has 0 amide bonds. The molecule has 3 nitrogen and oxygen atoms in total. The second-order valence-electron chi connectivity index (χ2n) is 4.83. The maximum atomic E-state index is 11.9. The molecule has 0 aromatic heterocycles. The largest absolute Gasteiger partial charge is 0.411 e. The van der Waals surface area contributed by atoms with Crippen molar-refractivity contribution in [2.45, 2.75) is 25.6 Å². The van der Waals surface area contributed by atoms with Crippen molar-refractivity contribution in [2.24, 2.45) is 0 Å². The minimum absolute atomic E-state index is 0.0575. The number of ether oxygens (including phenoxy) is 1. The van der Waals surface area contributed by atoms with E-state index in [0.29, 0.717) is 13.1 Å². The molecule has 0 radical (unpaired) electrons. The van der Waals surface area contributed by atoms with Crippen LogP contribution in [0.25, 0.3) is 0 Å². The standard InChI is InChI=1S/C14H19F3N2O/c15-14(16,17)10-20-8-7-18-9-12-4-1-3-11-5-2-6-19-13(11)12/h1,3-4,18-19H,2,5-10H2. The maximum Gasteiger partial charge on any atom is 0.411 e. The number of rotatable bonds is 6. The number of hydrogen-bond donors (Lipinski definition) is 2. The molecule has 6 heteroatoms. The van der Waals surface area contributed by atoms with Crippen molar-refractivity contribution in [2.75, 3.05) is 31.6 Å². The average Bonchev–Trinajstić information content (AvgIpc) is 2.41. The Labute approximate surface area is 116 Å². The first-order valence-electron chi connectivity index (χ1n) is 6.76. The summed E-state index contributed by atoms with van der Waals surface area (Å²) in [6, 6.07) is 6.15. The molecule has 0 spiro atoms. The van der Waals surface area contributed by atoms with E-state index in [1.807, 2.05) is 12.1 Å². The fraction of sp³-hybridized carbons (Fsp3) is 0.571. The van der Waals surface area contributed by atoms with Crippen LogP contribution in [0.5, 0.6) is 0 Å². The summed E-state index contributed by atoms with van der Waals surface area (Å²) in [6.07, 6.45) is -2.04. The van der Waals surface area contributed by atoms with Gasteiger partial charge in [-0.2, -0.15) is 13.2 Å². The molecule has 112 valence electrons. The highest BCUT2D eigenvalue weighted by Gasteiger charge is 2.27. The molecule has 1 aliphatic rings. The average molecular weight is 288 g/mol. The molecule has 20 heavy (non-hydrogen) atoms. The van der Waals surface area contributed by atoms with Gasteiger partial charge in [0, 0.05) is 25.3 Å². The Morgan fingerprint density at radius 1 is 1.30 bits per heavy atom. The van der Waals surface area contributed by atoms with Gasteiger partial charge in [-0.05, 0) is 24.0 Å². The molecule has 1 heterocycles. The van der Waals surface area contributed by atoms with Crippen LogP contribution in [-0.2, 0) is 17.7 Å². The van der Waals surface area contributed by atoms with Crippen molar-refractivity contribution in [1.82, 2.24) is 5.32 Å². The third-order valence-electron chi connectivity index (χ3n) is 3.17. The predicted molar refractivity (Wildman–Crippen MR) is 71.8 cm³/mol. The number of para-hydroxylation sites is 1. The predicted octanol–water partition coefficient (Wildman–Crippen LogP) is 2.71. The van der Waals surface area contributed by atoms with Gasteiger partial charge in [0.05, 0.1) is 6.61 Å². The lowest BCUT2D eigenvalue weighted by atomic mass is 9.99. The van der Waals surface area contributed by atoms with Gasteiger partial charge >= 0.3 is 6.18 Å². The second kappa shape index (κ2) is 6.95. The minimum atomic E-state index is -4.25. The van der Waals surface area contributed by atoms with E-state index in [1.165, 1.54) is 11.3 Å². The highest BCUT2D eigenvalue weighted by atomic mass is 19.4. The fourth-order valence-electron chi connectivity index (χ4n) is 2.28. The van der Waals surface area contributed by atoms with Gasteiger partial charge in [0.25, 0.3) is 0 Å². The Balaban J connectivity index is 1.72. The van der Waals surface area contributed by atoms with Gasteiger partial charge < -0.3 is 15.4 Å². The first-order valence-corrected chi connectivity index (χ1v) is 6.76. The summed E-state index contributed by atoms with van der Waals surface area (Å²) in [5, 5.41) is 6.49. The molecule has 2 rings (SSSR count). The van der Waals surface area contributed by atoms with Crippen LogP contribution in [0.3, 0.4) is 0 Å². The Morgan fingerprint density at radius 2 is 2.15 bits per heavy atom. The summed E-state index contributed by atoms with van der Waals surface area (Å²) in [5.74, 6) is 0. The van der Waals surface area contributed by atoms with Crippen LogP contribution in [0.4, 0.5) is 18.9 Å². The highest BCUT2D eigenvalue weighted by molar-refractivity contribution is 5.59. The molecule has 0 atom stereocenters. The van der Waals surface area contributed by atoms with Crippen LogP contribution in [0.2, 0.25) is 0 Å². The van der Waals surface area contributed by atoms with E-state index in [-0.39, 0.29) is 6.61 Å². The number of fused-ring (bicyclic) bond motifs is 1. The van der Waals surface area contributed by atoms with Crippen molar-refractivity contribution in [3.05, 3.63) is 29.3 Å². The van der Waals surface area contributed by atoms with E-state index in [9.17, 15) is 13.2 Å². The highest BCUT2D eigenvalue weighted by Crippen LogP contribution is 2.25. The number of nitrogens with one attached hydrogen (secondary N) is 2. The van der Waals surface area contributed by atoms with Crippen LogP contribution in [-0.4, -0.2) is 32.5 Å². The number of halogens is 3. The van der Waals surface area contributed by atoms with Gasteiger partial charge in [0.15, 0.2) is 0 Å². The molecular weight excluding hydrogens is 269 g/mol. The van der Waals surface area contributed by atoms with Crippen molar-refractivity contribution < 1.29 is 17.9 Å². The number of alkyl halides is 3. The van der Waals surface area contributed by atoms with Gasteiger partial charge in [-0.1, -0.05) is 18.2 Å². The zero-order valence-corrected chi connectivity index (χ0v) is 11.2. The lowest BCUT2D eigenvalue weighted by Gasteiger charge is -2.21. The molecule has 2 N–H and O–H groups in total. The van der Waals surface area contributed by atoms with Gasteiger partial charge in [0.1, 0.15) is 6.61 Å². The van der Waals surface area contributed by atoms with Gasteiger partial charge in [0.2, 0.25) is 0 Å². The Morgan fingerprint density at radius 3 is 2.95 bits per heavy atom. The van der Waals surface area contributed by atoms with Crippen molar-refractivity contribution in [1.29, 1.82) is 0 Å². The Hall–Kier alpha value is -1.27. The van der Waals surface area contributed by atoms with E-state index in [4.69, 9.17) is 0 Å². The van der Waals surface area contributed by atoms with Crippen LogP contribution in [0, 0.1) is 0 Å². The molecule has 0 saturated carbocycles. The molecule has 1 aromatic rings. The molecule has 1 aromatic carbocycles. The zero-order chi connectivity index (χ0) is 14.4. The van der Waals surface area contributed by atoms with Crippen LogP contribution >= 0.6 is 0 Å². The first-order chi connectivity index (χ1) is 9.56. The van der Waals surface area contributed by atoms with E-state index in [1.54, 1.807) is 0 Å². The van der Waals surface area contributed by atoms with Crippen LogP contribution in [0.1, 0.15) is 17.5 Å². The molecule has 0 bridgehead atoms. The summed E-state index contributed by atoms with van der Waals surface area (Å²) in [4.78, 5) is 0. The number of anilines is 1. The maximum absolute atomic E-state index is 11.9. The monoisotopic (exact) mass is 288 g/mol. The van der Waals surface area contributed by atoms with Crippen LogP contribution in [0.15, 0.2) is 18.2 Å². The van der Waals surface area contributed by atoms with E-state index in [0.717, 1.165) is 24.9 Å². The van der Waals surface area contributed by atoms with E-state index < -0.39 is 12.8 Å². The van der Waals surface area contributed by atoms with Crippen molar-refractivity contribution in [3.8, 4) is 0 Å². The Bertz CT molecular complexity index is 435. The lowest BCUT2D eigenvalue weighted by molar-refractivity contribution is -0.173. The van der Waals surface area contributed by atoms with E-state index >= 15 is 0 Å². The van der Waals surface area contributed by atoms with Gasteiger partial charge in [-0.25, -0.2) is 0 Å². The third-order valence-corrected chi connectivity index (χ3v) is 3.17. The third kappa shape index (κ3) is 4.68. The summed E-state index contributed by atoms with van der Waals surface area (Å²) in [6.45, 7) is 0.878. The second-order valence-corrected chi connectivity index (χ2v) is 4.83. The van der Waals surface area contributed by atoms with Gasteiger partial charge in [-0.15, -0.1) is 0 Å². The topological polar surface area (TPSA) is 33.3 Å². The first kappa shape index (κ1) is 15.1. The normalized spacial score (nSPS) is 14.8. The SMILES string of the molecule is FC(F)(F)COCCNCc1cccc2c1NCCC2. The lowest BCUT2D eigenvalue weighted by Crippen LogP contribution is -2.24. The quantitative estimate of drug-likeness (QED) is 0.790. The zero-order valence-electron chi connectivity index (χ0n) is 11.2. The summed E-state index contributed by atoms with van der Waals surface area (Å²) < 4.78 is 40.1. The summed E-state index contributed by atoms with van der Waals surface area (Å²) in [7, 11) is 0. The molecule has 0 saturated heterocycles. The number of hydrogen-bond acceptors (Lipinski definition) is 3. The molecule has 0 aliphatic carbocycles. The molecule has 0 fully saturated rings.